The molecule has 3 N–H and O–H groups in total. The smallest absolute Gasteiger partial charge is 0.340 e. The van der Waals surface area contributed by atoms with Gasteiger partial charge in [-0.3, -0.25) is 9.59 Å². The molecule has 0 aliphatic carbocycles. The second-order valence-corrected chi connectivity index (χ2v) is 6.14. The minimum atomic E-state index is -1.02. The van der Waals surface area contributed by atoms with Gasteiger partial charge in [0.15, 0.2) is 0 Å². The summed E-state index contributed by atoms with van der Waals surface area (Å²) in [5, 5.41) is 18.2. The lowest BCUT2D eigenvalue weighted by atomic mass is 9.97. The molecule has 0 fully saturated rings. The Morgan fingerprint density at radius 1 is 1.14 bits per heavy atom. The van der Waals surface area contributed by atoms with Gasteiger partial charge in [0.2, 0.25) is 0 Å². The van der Waals surface area contributed by atoms with Gasteiger partial charge in [-0.05, 0) is 19.9 Å². The van der Waals surface area contributed by atoms with Crippen molar-refractivity contribution >= 4 is 17.7 Å². The Morgan fingerprint density at radius 3 is 2.31 bits per heavy atom. The first-order valence-corrected chi connectivity index (χ1v) is 9.07. The third kappa shape index (κ3) is 4.69. The minimum absolute atomic E-state index is 0.0353. The van der Waals surface area contributed by atoms with Crippen molar-refractivity contribution in [3.05, 3.63) is 47.0 Å². The fourth-order valence-corrected chi connectivity index (χ4v) is 2.99. The molecule has 0 saturated carbocycles. The number of aromatic amines is 1. The average Bonchev–Trinajstić information content (AvgIpc) is 3.04. The third-order valence-electron chi connectivity index (χ3n) is 4.26. The number of nitrogens with zero attached hydrogens (tertiary/aromatic N) is 1. The van der Waals surface area contributed by atoms with E-state index in [9.17, 15) is 18.8 Å². The Bertz CT molecular complexity index is 902. The van der Waals surface area contributed by atoms with Gasteiger partial charge < -0.3 is 24.8 Å². The van der Waals surface area contributed by atoms with Crippen LogP contribution >= 0.6 is 0 Å². The number of ketones is 1. The van der Waals surface area contributed by atoms with Gasteiger partial charge in [-0.15, -0.1) is 0 Å². The molecule has 0 atom stereocenters. The van der Waals surface area contributed by atoms with Crippen molar-refractivity contribution in [1.29, 1.82) is 0 Å². The zero-order chi connectivity index (χ0) is 21.6. The molecule has 0 aliphatic heterocycles. The molecular formula is C20H23FN2O6. The highest BCUT2D eigenvalue weighted by Gasteiger charge is 2.32. The third-order valence-corrected chi connectivity index (χ3v) is 4.26. The van der Waals surface area contributed by atoms with Crippen LogP contribution in [0.3, 0.4) is 0 Å². The van der Waals surface area contributed by atoms with E-state index in [1.54, 1.807) is 6.92 Å². The summed E-state index contributed by atoms with van der Waals surface area (Å²) in [6, 6.07) is 5.56. The maximum absolute atomic E-state index is 14.5. The molecule has 1 aromatic carbocycles. The molecule has 0 unspecified atom stereocenters. The molecule has 1 heterocycles. The Kier molecular flexibility index (Phi) is 7.63. The lowest BCUT2D eigenvalue weighted by molar-refractivity contribution is -0.127. The molecule has 8 nitrogen and oxygen atoms in total. The Labute approximate surface area is 166 Å². The first-order chi connectivity index (χ1) is 13.9. The summed E-state index contributed by atoms with van der Waals surface area (Å²) in [5.41, 5.74) is -0.156. The molecular weight excluding hydrogens is 383 g/mol. The predicted octanol–water partition coefficient (Wildman–Crippen LogP) is 1.30. The van der Waals surface area contributed by atoms with Crippen molar-refractivity contribution < 1.29 is 33.7 Å². The van der Waals surface area contributed by atoms with E-state index in [0.29, 0.717) is 0 Å². The Hall–Kier alpha value is -3.04. The predicted molar refractivity (Wildman–Crippen MR) is 102 cm³/mol. The summed E-state index contributed by atoms with van der Waals surface area (Å²) < 4.78 is 19.6. The number of H-pyrrole nitrogens is 1. The number of aliphatic hydroxyl groups excluding tert-OH is 2. The first kappa shape index (κ1) is 22.3. The highest BCUT2D eigenvalue weighted by Crippen LogP contribution is 2.33. The fourth-order valence-electron chi connectivity index (χ4n) is 2.99. The first-order valence-electron chi connectivity index (χ1n) is 9.07. The zero-order valence-corrected chi connectivity index (χ0v) is 16.2. The lowest BCUT2D eigenvalue weighted by Crippen LogP contribution is -2.40. The van der Waals surface area contributed by atoms with Crippen LogP contribution in [0, 0.1) is 12.7 Å². The number of carbonyl (C=O) groups is 3. The van der Waals surface area contributed by atoms with Crippen molar-refractivity contribution in [1.82, 2.24) is 9.88 Å². The van der Waals surface area contributed by atoms with Gasteiger partial charge in [-0.1, -0.05) is 18.2 Å². The van der Waals surface area contributed by atoms with E-state index in [1.807, 2.05) is 0 Å². The number of aliphatic hydroxyl groups is 2. The highest BCUT2D eigenvalue weighted by molar-refractivity contribution is 6.43. The number of hydrogen-bond acceptors (Lipinski definition) is 6. The molecule has 9 heteroatoms. The summed E-state index contributed by atoms with van der Waals surface area (Å²) in [6.07, 6.45) is 0. The molecule has 1 aromatic heterocycles. The monoisotopic (exact) mass is 406 g/mol. The summed E-state index contributed by atoms with van der Waals surface area (Å²) >= 11 is 0. The lowest BCUT2D eigenvalue weighted by Gasteiger charge is -2.19. The normalized spacial score (nSPS) is 10.7. The number of amides is 1. The van der Waals surface area contributed by atoms with Gasteiger partial charge in [0.25, 0.3) is 11.7 Å². The second kappa shape index (κ2) is 9.94. The van der Waals surface area contributed by atoms with Gasteiger partial charge in [0.05, 0.1) is 25.4 Å². The van der Waals surface area contributed by atoms with E-state index >= 15 is 0 Å². The number of benzene rings is 1. The van der Waals surface area contributed by atoms with Crippen molar-refractivity contribution in [2.75, 3.05) is 32.9 Å². The number of hydrogen-bond donors (Lipinski definition) is 3. The molecule has 29 heavy (non-hydrogen) atoms. The second-order valence-electron chi connectivity index (χ2n) is 6.14. The number of ether oxygens (including phenoxy) is 1. The van der Waals surface area contributed by atoms with Crippen LogP contribution in [0.1, 0.15) is 33.5 Å². The highest BCUT2D eigenvalue weighted by atomic mass is 19.1. The average molecular weight is 406 g/mol. The minimum Gasteiger partial charge on any atom is -0.462 e. The summed E-state index contributed by atoms with van der Waals surface area (Å²) in [6.45, 7) is 2.06. The van der Waals surface area contributed by atoms with Crippen molar-refractivity contribution in [2.45, 2.75) is 13.8 Å². The van der Waals surface area contributed by atoms with Crippen LogP contribution in [0.15, 0.2) is 24.3 Å². The summed E-state index contributed by atoms with van der Waals surface area (Å²) in [7, 11) is 0. The maximum atomic E-state index is 14.5. The van der Waals surface area contributed by atoms with E-state index in [2.05, 4.69) is 4.98 Å². The molecule has 0 bridgehead atoms. The summed E-state index contributed by atoms with van der Waals surface area (Å²) in [5.74, 6) is -3.46. The number of halogens is 1. The standard InChI is InChI=1S/C20H23FN2O6/c1-3-29-20(28)15-12(2)22-17(16(15)13-6-4-5-7-14(13)21)18(26)19(27)23(8-10-24)9-11-25/h4-7,22,24-25H,3,8-11H2,1-2H3. The van der Waals surface area contributed by atoms with Gasteiger partial charge in [0, 0.05) is 29.9 Å². The SMILES string of the molecule is CCOC(=O)c1c(C)[nH]c(C(=O)C(=O)N(CCO)CCO)c1-c1ccccc1F. The Balaban J connectivity index is 2.64. The van der Waals surface area contributed by atoms with Crippen LogP contribution in [-0.4, -0.2) is 70.7 Å². The molecule has 0 saturated heterocycles. The van der Waals surface area contributed by atoms with Crippen LogP contribution in [0.25, 0.3) is 11.1 Å². The summed E-state index contributed by atoms with van der Waals surface area (Å²) in [4.78, 5) is 41.7. The number of nitrogens with one attached hydrogen (secondary N) is 1. The van der Waals surface area contributed by atoms with Crippen LogP contribution in [0.4, 0.5) is 4.39 Å². The van der Waals surface area contributed by atoms with E-state index < -0.39 is 36.7 Å². The van der Waals surface area contributed by atoms with E-state index in [4.69, 9.17) is 14.9 Å². The largest absolute Gasteiger partial charge is 0.462 e. The number of aryl methyl sites for hydroxylation is 1. The van der Waals surface area contributed by atoms with Crippen LogP contribution in [-0.2, 0) is 9.53 Å². The van der Waals surface area contributed by atoms with Gasteiger partial charge >= 0.3 is 5.97 Å². The van der Waals surface area contributed by atoms with Crippen LogP contribution in [0.2, 0.25) is 0 Å². The quantitative estimate of drug-likeness (QED) is 0.328. The maximum Gasteiger partial charge on any atom is 0.340 e. The number of Topliss-reactive ketones (excluding diaryl/α,β-unsaturated/α-hetero) is 1. The van der Waals surface area contributed by atoms with E-state index in [0.717, 1.165) is 4.90 Å². The number of rotatable bonds is 9. The van der Waals surface area contributed by atoms with E-state index in [-0.39, 0.29) is 47.8 Å². The number of esters is 1. The van der Waals surface area contributed by atoms with Crippen molar-refractivity contribution in [3.8, 4) is 11.1 Å². The van der Waals surface area contributed by atoms with Crippen LogP contribution in [0.5, 0.6) is 0 Å². The molecule has 0 radical (unpaired) electrons. The van der Waals surface area contributed by atoms with Crippen molar-refractivity contribution in [2.24, 2.45) is 0 Å². The van der Waals surface area contributed by atoms with Crippen molar-refractivity contribution in [3.63, 3.8) is 0 Å². The number of aromatic nitrogens is 1. The van der Waals surface area contributed by atoms with Crippen LogP contribution < -0.4 is 0 Å². The molecule has 0 spiro atoms. The molecule has 0 aliphatic rings. The fraction of sp³-hybridized carbons (Fsp3) is 0.350. The molecule has 1 amide bonds. The Morgan fingerprint density at radius 2 is 1.76 bits per heavy atom. The zero-order valence-electron chi connectivity index (χ0n) is 16.2. The number of carbonyl (C=O) groups excluding carboxylic acids is 3. The molecule has 2 aromatic rings. The molecule has 156 valence electrons. The topological polar surface area (TPSA) is 120 Å². The van der Waals surface area contributed by atoms with Gasteiger partial charge in [-0.2, -0.15) is 0 Å². The van der Waals surface area contributed by atoms with Gasteiger partial charge in [-0.25, -0.2) is 9.18 Å². The van der Waals surface area contributed by atoms with E-state index in [1.165, 1.54) is 31.2 Å². The molecule has 2 rings (SSSR count). The van der Waals surface area contributed by atoms with Gasteiger partial charge in [0.1, 0.15) is 11.5 Å².